The molecule has 0 saturated carbocycles. The largest absolute Gasteiger partial charge is 0.466 e. The van der Waals surface area contributed by atoms with E-state index in [0.29, 0.717) is 23.9 Å². The van der Waals surface area contributed by atoms with E-state index < -0.39 is 8.07 Å². The van der Waals surface area contributed by atoms with Crippen molar-refractivity contribution in [1.82, 2.24) is 0 Å². The number of esters is 2. The van der Waals surface area contributed by atoms with Crippen LogP contribution in [0.1, 0.15) is 37.0 Å². The Morgan fingerprint density at radius 3 is 2.31 bits per heavy atom. The summed E-state index contributed by atoms with van der Waals surface area (Å²) >= 11 is 0. The standard InChI is InChI=1S/C21H28O4Si/c1-17(2)14-26(3,15-24-20(22)18-10-6-4-7-11-18)16-25-21(23)19-12-8-5-9-13-19/h4-8,10-12,17H,9,13-16H2,1-3H3. The zero-order valence-corrected chi connectivity index (χ0v) is 16.9. The number of hydrogen-bond donors (Lipinski definition) is 0. The van der Waals surface area contributed by atoms with Crippen LogP contribution in [0.2, 0.25) is 12.6 Å². The van der Waals surface area contributed by atoms with Gasteiger partial charge in [-0.05, 0) is 36.9 Å². The molecule has 0 aromatic heterocycles. The molecular weight excluding hydrogens is 344 g/mol. The molecule has 1 aliphatic rings. The van der Waals surface area contributed by atoms with Gasteiger partial charge in [-0.3, -0.25) is 0 Å². The van der Waals surface area contributed by atoms with Crippen LogP contribution < -0.4 is 0 Å². The van der Waals surface area contributed by atoms with Crippen LogP contribution in [0.4, 0.5) is 0 Å². The molecule has 140 valence electrons. The molecule has 2 rings (SSSR count). The highest BCUT2D eigenvalue weighted by Gasteiger charge is 2.33. The Labute approximate surface area is 156 Å². The molecule has 0 heterocycles. The average Bonchev–Trinajstić information content (AvgIpc) is 2.65. The average molecular weight is 373 g/mol. The minimum Gasteiger partial charge on any atom is -0.466 e. The summed E-state index contributed by atoms with van der Waals surface area (Å²) in [5, 5.41) is 0. The number of carbonyl (C=O) groups is 2. The summed E-state index contributed by atoms with van der Waals surface area (Å²) in [4.78, 5) is 24.5. The number of hydrogen-bond acceptors (Lipinski definition) is 4. The minimum absolute atomic E-state index is 0.244. The molecule has 26 heavy (non-hydrogen) atoms. The Balaban J connectivity index is 1.95. The molecule has 1 unspecified atom stereocenters. The van der Waals surface area contributed by atoms with Crippen molar-refractivity contribution in [1.29, 1.82) is 0 Å². The topological polar surface area (TPSA) is 52.6 Å². The first-order chi connectivity index (χ1) is 12.4. The van der Waals surface area contributed by atoms with Crippen molar-refractivity contribution in [3.8, 4) is 0 Å². The van der Waals surface area contributed by atoms with Crippen LogP contribution in [-0.4, -0.2) is 32.5 Å². The fraction of sp³-hybridized carbons (Fsp3) is 0.429. The fourth-order valence-electron chi connectivity index (χ4n) is 3.15. The molecule has 5 heteroatoms. The van der Waals surface area contributed by atoms with Crippen LogP contribution in [0.5, 0.6) is 0 Å². The molecule has 4 nitrogen and oxygen atoms in total. The van der Waals surface area contributed by atoms with Crippen molar-refractivity contribution >= 4 is 20.0 Å². The molecule has 1 aromatic rings. The second kappa shape index (κ2) is 9.53. The smallest absolute Gasteiger partial charge is 0.337 e. The summed E-state index contributed by atoms with van der Waals surface area (Å²) in [6.45, 7) is 6.41. The molecule has 0 radical (unpaired) electrons. The van der Waals surface area contributed by atoms with Crippen LogP contribution >= 0.6 is 0 Å². The van der Waals surface area contributed by atoms with Gasteiger partial charge < -0.3 is 9.47 Å². The van der Waals surface area contributed by atoms with Crippen molar-refractivity contribution in [2.45, 2.75) is 39.3 Å². The number of carbonyl (C=O) groups excluding carboxylic acids is 2. The molecule has 1 aliphatic carbocycles. The van der Waals surface area contributed by atoms with E-state index in [1.807, 2.05) is 36.4 Å². The Morgan fingerprint density at radius 2 is 1.73 bits per heavy atom. The number of rotatable bonds is 8. The van der Waals surface area contributed by atoms with Gasteiger partial charge in [-0.15, -0.1) is 0 Å². The van der Waals surface area contributed by atoms with E-state index in [4.69, 9.17) is 9.47 Å². The molecule has 0 spiro atoms. The third kappa shape index (κ3) is 6.30. The summed E-state index contributed by atoms with van der Waals surface area (Å²) in [5.41, 5.74) is 1.26. The normalized spacial score (nSPS) is 15.9. The van der Waals surface area contributed by atoms with E-state index in [1.165, 1.54) is 0 Å². The van der Waals surface area contributed by atoms with Crippen molar-refractivity contribution < 1.29 is 19.1 Å². The van der Waals surface area contributed by atoms with Crippen molar-refractivity contribution in [3.05, 3.63) is 59.7 Å². The molecule has 0 aliphatic heterocycles. The Kier molecular flexibility index (Phi) is 7.39. The predicted molar refractivity (Wildman–Crippen MR) is 105 cm³/mol. The van der Waals surface area contributed by atoms with Gasteiger partial charge in [-0.2, -0.15) is 0 Å². The monoisotopic (exact) mass is 372 g/mol. The zero-order valence-electron chi connectivity index (χ0n) is 15.9. The van der Waals surface area contributed by atoms with Gasteiger partial charge in [-0.25, -0.2) is 9.59 Å². The highest BCUT2D eigenvalue weighted by Crippen LogP contribution is 2.20. The van der Waals surface area contributed by atoms with Crippen LogP contribution in [0.3, 0.4) is 0 Å². The molecule has 1 aromatic carbocycles. The fourth-order valence-corrected chi connectivity index (χ4v) is 6.40. The SMILES string of the molecule is CC(C)C[Si](C)(COC(=O)C1=CC=CCC1)COC(=O)c1ccccc1. The highest BCUT2D eigenvalue weighted by atomic mass is 28.3. The second-order valence-corrected chi connectivity index (χ2v) is 12.2. The van der Waals surface area contributed by atoms with Crippen LogP contribution in [0.25, 0.3) is 0 Å². The number of benzene rings is 1. The minimum atomic E-state index is -2.07. The lowest BCUT2D eigenvalue weighted by Crippen LogP contribution is -2.45. The van der Waals surface area contributed by atoms with Gasteiger partial charge in [0.1, 0.15) is 8.07 Å². The maximum absolute atomic E-state index is 12.3. The van der Waals surface area contributed by atoms with E-state index in [2.05, 4.69) is 20.4 Å². The Bertz CT molecular complexity index is 679. The maximum Gasteiger partial charge on any atom is 0.337 e. The van der Waals surface area contributed by atoms with Crippen LogP contribution in [0, 0.1) is 5.92 Å². The third-order valence-electron chi connectivity index (χ3n) is 4.29. The van der Waals surface area contributed by atoms with E-state index >= 15 is 0 Å². The summed E-state index contributed by atoms with van der Waals surface area (Å²) in [6, 6.07) is 9.91. The first kappa shape index (κ1) is 20.2. The van der Waals surface area contributed by atoms with Crippen LogP contribution in [0.15, 0.2) is 54.1 Å². The number of allylic oxidation sites excluding steroid dienone is 3. The van der Waals surface area contributed by atoms with Crippen molar-refractivity contribution in [2.75, 3.05) is 12.5 Å². The third-order valence-corrected chi connectivity index (χ3v) is 7.77. The van der Waals surface area contributed by atoms with Crippen LogP contribution in [-0.2, 0) is 14.3 Å². The van der Waals surface area contributed by atoms with Gasteiger partial charge in [0.2, 0.25) is 0 Å². The molecular formula is C21H28O4Si. The Morgan fingerprint density at radius 1 is 1.08 bits per heavy atom. The molecule has 0 N–H and O–H groups in total. The summed E-state index contributed by atoms with van der Waals surface area (Å²) in [7, 11) is -2.07. The van der Waals surface area contributed by atoms with Gasteiger partial charge in [0.25, 0.3) is 0 Å². The second-order valence-electron chi connectivity index (χ2n) is 7.59. The van der Waals surface area contributed by atoms with Gasteiger partial charge in [-0.1, -0.05) is 56.8 Å². The van der Waals surface area contributed by atoms with E-state index in [9.17, 15) is 9.59 Å². The van der Waals surface area contributed by atoms with Gasteiger partial charge in [0.15, 0.2) is 0 Å². The molecule has 1 atom stereocenters. The molecule has 0 saturated heterocycles. The first-order valence-electron chi connectivity index (χ1n) is 9.15. The Hall–Kier alpha value is -2.14. The maximum atomic E-state index is 12.3. The lowest BCUT2D eigenvalue weighted by atomic mass is 10.1. The first-order valence-corrected chi connectivity index (χ1v) is 12.3. The molecule has 0 amide bonds. The van der Waals surface area contributed by atoms with E-state index in [0.717, 1.165) is 24.5 Å². The lowest BCUT2D eigenvalue weighted by Gasteiger charge is -2.28. The summed E-state index contributed by atoms with van der Waals surface area (Å²) in [6.07, 6.45) is 8.07. The van der Waals surface area contributed by atoms with Gasteiger partial charge in [0.05, 0.1) is 18.0 Å². The molecule has 0 fully saturated rings. The highest BCUT2D eigenvalue weighted by molar-refractivity contribution is 6.78. The summed E-state index contributed by atoms with van der Waals surface area (Å²) in [5.74, 6) is -0.108. The quantitative estimate of drug-likeness (QED) is 0.499. The summed E-state index contributed by atoms with van der Waals surface area (Å²) < 4.78 is 11.2. The van der Waals surface area contributed by atoms with Crippen molar-refractivity contribution in [2.24, 2.45) is 5.92 Å². The van der Waals surface area contributed by atoms with Gasteiger partial charge >= 0.3 is 11.9 Å². The molecule has 0 bridgehead atoms. The van der Waals surface area contributed by atoms with E-state index in [-0.39, 0.29) is 11.9 Å². The van der Waals surface area contributed by atoms with Crippen molar-refractivity contribution in [3.63, 3.8) is 0 Å². The predicted octanol–water partition coefficient (Wildman–Crippen LogP) is 4.48. The number of ether oxygens (including phenoxy) is 2. The van der Waals surface area contributed by atoms with E-state index in [1.54, 1.807) is 12.1 Å². The van der Waals surface area contributed by atoms with Gasteiger partial charge in [0, 0.05) is 5.57 Å². The zero-order chi connectivity index (χ0) is 19.0. The lowest BCUT2D eigenvalue weighted by molar-refractivity contribution is -0.137.